The number of nitrogens with one attached hydrogen (secondary N) is 1. The van der Waals surface area contributed by atoms with Crippen LogP contribution in [0.2, 0.25) is 0 Å². The molecule has 0 unspecified atom stereocenters. The van der Waals surface area contributed by atoms with Crippen LogP contribution in [0.4, 0.5) is 0 Å². The van der Waals surface area contributed by atoms with Crippen molar-refractivity contribution in [2.45, 2.75) is 19.3 Å². The lowest BCUT2D eigenvalue weighted by Crippen LogP contribution is -2.19. The van der Waals surface area contributed by atoms with Crippen molar-refractivity contribution >= 4 is 0 Å². The first-order chi connectivity index (χ1) is 10.9. The third kappa shape index (κ3) is 4.25. The van der Waals surface area contributed by atoms with E-state index in [0.29, 0.717) is 13.2 Å². The van der Waals surface area contributed by atoms with Crippen LogP contribution in [0.1, 0.15) is 17.5 Å². The quantitative estimate of drug-likeness (QED) is 0.796. The van der Waals surface area contributed by atoms with Crippen LogP contribution in [0.25, 0.3) is 0 Å². The number of hydrogen-bond acceptors (Lipinski definition) is 3. The molecule has 1 N–H and O–H groups in total. The van der Waals surface area contributed by atoms with E-state index in [1.807, 2.05) is 6.07 Å². The molecule has 116 valence electrons. The molecule has 1 heterocycles. The Morgan fingerprint density at radius 1 is 0.773 bits per heavy atom. The monoisotopic (exact) mass is 297 g/mol. The number of fused-ring (bicyclic) bond motifs is 1. The molecule has 3 heteroatoms. The number of ether oxygens (including phenoxy) is 2. The molecule has 3 rings (SSSR count). The van der Waals surface area contributed by atoms with Crippen molar-refractivity contribution in [3.8, 4) is 11.5 Å². The molecule has 0 fully saturated rings. The molecule has 0 bridgehead atoms. The van der Waals surface area contributed by atoms with Crippen molar-refractivity contribution < 1.29 is 9.47 Å². The Morgan fingerprint density at radius 2 is 1.59 bits per heavy atom. The molecule has 1 aliphatic rings. The van der Waals surface area contributed by atoms with Gasteiger partial charge in [-0.05, 0) is 55.6 Å². The van der Waals surface area contributed by atoms with Gasteiger partial charge in [-0.3, -0.25) is 0 Å². The van der Waals surface area contributed by atoms with Gasteiger partial charge in [0.2, 0.25) is 0 Å². The van der Waals surface area contributed by atoms with Gasteiger partial charge < -0.3 is 14.8 Å². The Labute approximate surface area is 132 Å². The predicted molar refractivity (Wildman–Crippen MR) is 88.8 cm³/mol. The zero-order valence-electron chi connectivity index (χ0n) is 12.9. The maximum atomic E-state index is 5.61. The van der Waals surface area contributed by atoms with E-state index < -0.39 is 0 Å². The molecule has 3 nitrogen and oxygen atoms in total. The van der Waals surface area contributed by atoms with Crippen molar-refractivity contribution in [1.29, 1.82) is 0 Å². The largest absolute Gasteiger partial charge is 0.486 e. The third-order valence-corrected chi connectivity index (χ3v) is 3.86. The molecular weight excluding hydrogens is 274 g/mol. The summed E-state index contributed by atoms with van der Waals surface area (Å²) < 4.78 is 11.1. The second kappa shape index (κ2) is 7.85. The van der Waals surface area contributed by atoms with Gasteiger partial charge in [-0.2, -0.15) is 0 Å². The molecule has 0 amide bonds. The van der Waals surface area contributed by atoms with Crippen molar-refractivity contribution in [3.05, 3.63) is 59.7 Å². The topological polar surface area (TPSA) is 30.5 Å². The Bertz CT molecular complexity index is 583. The second-order valence-corrected chi connectivity index (χ2v) is 5.57. The summed E-state index contributed by atoms with van der Waals surface area (Å²) in [6, 6.07) is 16.9. The first kappa shape index (κ1) is 14.9. The van der Waals surface area contributed by atoms with E-state index in [1.165, 1.54) is 17.5 Å². The minimum Gasteiger partial charge on any atom is -0.486 e. The molecule has 0 radical (unpaired) electrons. The Morgan fingerprint density at radius 3 is 2.45 bits per heavy atom. The number of hydrogen-bond donors (Lipinski definition) is 1. The van der Waals surface area contributed by atoms with E-state index in [1.54, 1.807) is 0 Å². The SMILES string of the molecule is c1ccc(CCCNCCc2ccc3c(c2)OCCO3)cc1. The molecule has 0 saturated heterocycles. The van der Waals surface area contributed by atoms with Crippen LogP contribution >= 0.6 is 0 Å². The van der Waals surface area contributed by atoms with Crippen molar-refractivity contribution in [3.63, 3.8) is 0 Å². The minimum atomic E-state index is 0.647. The van der Waals surface area contributed by atoms with Gasteiger partial charge in [-0.1, -0.05) is 36.4 Å². The lowest BCUT2D eigenvalue weighted by Gasteiger charge is -2.18. The summed E-state index contributed by atoms with van der Waals surface area (Å²) in [5, 5.41) is 3.51. The summed E-state index contributed by atoms with van der Waals surface area (Å²) >= 11 is 0. The van der Waals surface area contributed by atoms with Crippen LogP contribution in [0, 0.1) is 0 Å². The number of benzene rings is 2. The van der Waals surface area contributed by atoms with E-state index in [2.05, 4.69) is 47.8 Å². The number of rotatable bonds is 7. The van der Waals surface area contributed by atoms with Gasteiger partial charge >= 0.3 is 0 Å². The fourth-order valence-corrected chi connectivity index (χ4v) is 2.66. The zero-order valence-corrected chi connectivity index (χ0v) is 12.9. The van der Waals surface area contributed by atoms with Gasteiger partial charge in [0.25, 0.3) is 0 Å². The van der Waals surface area contributed by atoms with Crippen molar-refractivity contribution in [2.24, 2.45) is 0 Å². The highest BCUT2D eigenvalue weighted by atomic mass is 16.6. The highest BCUT2D eigenvalue weighted by Gasteiger charge is 2.11. The average molecular weight is 297 g/mol. The molecule has 1 aliphatic heterocycles. The first-order valence-corrected chi connectivity index (χ1v) is 8.05. The lowest BCUT2D eigenvalue weighted by atomic mass is 10.1. The highest BCUT2D eigenvalue weighted by Crippen LogP contribution is 2.30. The van der Waals surface area contributed by atoms with Crippen LogP contribution in [0.3, 0.4) is 0 Å². The summed E-state index contributed by atoms with van der Waals surface area (Å²) in [5.41, 5.74) is 2.70. The molecule has 0 aliphatic carbocycles. The van der Waals surface area contributed by atoms with E-state index in [4.69, 9.17) is 9.47 Å². The van der Waals surface area contributed by atoms with E-state index in [9.17, 15) is 0 Å². The van der Waals surface area contributed by atoms with Crippen LogP contribution in [-0.2, 0) is 12.8 Å². The van der Waals surface area contributed by atoms with E-state index >= 15 is 0 Å². The molecule has 0 aromatic heterocycles. The highest BCUT2D eigenvalue weighted by molar-refractivity contribution is 5.43. The zero-order chi connectivity index (χ0) is 15.0. The van der Waals surface area contributed by atoms with Gasteiger partial charge in [-0.15, -0.1) is 0 Å². The van der Waals surface area contributed by atoms with Crippen molar-refractivity contribution in [1.82, 2.24) is 5.32 Å². The lowest BCUT2D eigenvalue weighted by molar-refractivity contribution is 0.171. The molecule has 0 atom stereocenters. The average Bonchev–Trinajstić information content (AvgIpc) is 2.59. The first-order valence-electron chi connectivity index (χ1n) is 8.05. The Balaban J connectivity index is 1.35. The summed E-state index contributed by atoms with van der Waals surface area (Å²) in [4.78, 5) is 0. The van der Waals surface area contributed by atoms with Crippen LogP contribution in [-0.4, -0.2) is 26.3 Å². The molecule has 2 aromatic carbocycles. The van der Waals surface area contributed by atoms with Crippen LogP contribution in [0.15, 0.2) is 48.5 Å². The molecule has 0 saturated carbocycles. The second-order valence-electron chi connectivity index (χ2n) is 5.57. The van der Waals surface area contributed by atoms with E-state index in [-0.39, 0.29) is 0 Å². The standard InChI is InChI=1S/C19H23NO2/c1-2-5-16(6-3-1)7-4-11-20-12-10-17-8-9-18-19(15-17)22-14-13-21-18/h1-3,5-6,8-9,15,20H,4,7,10-14H2. The summed E-state index contributed by atoms with van der Waals surface area (Å²) in [6.07, 6.45) is 3.32. The van der Waals surface area contributed by atoms with Gasteiger partial charge in [0.05, 0.1) is 0 Å². The number of aryl methyl sites for hydroxylation is 1. The summed E-state index contributed by atoms with van der Waals surface area (Å²) in [7, 11) is 0. The maximum absolute atomic E-state index is 5.61. The fraction of sp³-hybridized carbons (Fsp3) is 0.368. The predicted octanol–water partition coefficient (Wildman–Crippen LogP) is 3.22. The molecule has 0 spiro atoms. The van der Waals surface area contributed by atoms with E-state index in [0.717, 1.165) is 37.4 Å². The van der Waals surface area contributed by atoms with Gasteiger partial charge in [0, 0.05) is 0 Å². The smallest absolute Gasteiger partial charge is 0.161 e. The minimum absolute atomic E-state index is 0.647. The molecule has 22 heavy (non-hydrogen) atoms. The normalized spacial score (nSPS) is 13.1. The molecule has 2 aromatic rings. The van der Waals surface area contributed by atoms with Crippen LogP contribution in [0.5, 0.6) is 11.5 Å². The fourth-order valence-electron chi connectivity index (χ4n) is 2.66. The Hall–Kier alpha value is -2.00. The third-order valence-electron chi connectivity index (χ3n) is 3.86. The summed E-state index contributed by atoms with van der Waals surface area (Å²) in [5.74, 6) is 1.75. The van der Waals surface area contributed by atoms with Crippen molar-refractivity contribution in [2.75, 3.05) is 26.3 Å². The van der Waals surface area contributed by atoms with Gasteiger partial charge in [0.1, 0.15) is 13.2 Å². The van der Waals surface area contributed by atoms with Crippen LogP contribution < -0.4 is 14.8 Å². The molecular formula is C19H23NO2. The maximum Gasteiger partial charge on any atom is 0.161 e. The summed E-state index contributed by atoms with van der Waals surface area (Å²) in [6.45, 7) is 3.34. The Kier molecular flexibility index (Phi) is 5.32. The van der Waals surface area contributed by atoms with Gasteiger partial charge in [0.15, 0.2) is 11.5 Å². The van der Waals surface area contributed by atoms with Gasteiger partial charge in [-0.25, -0.2) is 0 Å².